The first-order valence-electron chi connectivity index (χ1n) is 8.56. The van der Waals surface area contributed by atoms with Crippen molar-refractivity contribution in [1.29, 1.82) is 0 Å². The average molecular weight is 348 g/mol. The molecule has 2 aromatic heterocycles. The van der Waals surface area contributed by atoms with Gasteiger partial charge in [0, 0.05) is 17.8 Å². The van der Waals surface area contributed by atoms with Crippen LogP contribution in [0.3, 0.4) is 0 Å². The van der Waals surface area contributed by atoms with Crippen LogP contribution in [-0.4, -0.2) is 45.5 Å². The Morgan fingerprint density at radius 3 is 1.72 bits per heavy atom. The Morgan fingerprint density at radius 1 is 0.880 bits per heavy atom. The largest absolute Gasteiger partial charge is 0.461 e. The quantitative estimate of drug-likeness (QED) is 0.504. The Balaban J connectivity index is 1.64. The van der Waals surface area contributed by atoms with Crippen molar-refractivity contribution in [3.8, 4) is 0 Å². The van der Waals surface area contributed by atoms with Crippen LogP contribution in [0.15, 0.2) is 12.1 Å². The van der Waals surface area contributed by atoms with E-state index in [1.54, 1.807) is 12.1 Å². The minimum atomic E-state index is -0.485. The number of esters is 2. The molecule has 0 aliphatic heterocycles. The summed E-state index contributed by atoms with van der Waals surface area (Å²) in [6, 6.07) is 3.38. The summed E-state index contributed by atoms with van der Waals surface area (Å²) in [5.41, 5.74) is 2.34. The number of nitrogens with zero attached hydrogens (tertiary/aromatic N) is 2. The van der Waals surface area contributed by atoms with Crippen molar-refractivity contribution in [2.75, 3.05) is 13.2 Å². The molecule has 0 amide bonds. The van der Waals surface area contributed by atoms with Crippen LogP contribution in [0.2, 0.25) is 0 Å². The highest BCUT2D eigenvalue weighted by Crippen LogP contribution is 2.06. The number of H-pyrrole nitrogens is 2. The number of hydrogen-bond acceptors (Lipinski definition) is 6. The molecule has 2 rings (SSSR count). The molecule has 0 fully saturated rings. The first-order valence-corrected chi connectivity index (χ1v) is 8.56. The van der Waals surface area contributed by atoms with E-state index in [1.807, 2.05) is 13.8 Å². The highest BCUT2D eigenvalue weighted by molar-refractivity contribution is 5.87. The van der Waals surface area contributed by atoms with Gasteiger partial charge in [-0.2, -0.15) is 10.2 Å². The number of nitrogens with one attached hydrogen (secondary N) is 2. The number of rotatable bonds is 10. The van der Waals surface area contributed by atoms with Crippen LogP contribution in [0.4, 0.5) is 0 Å². The zero-order valence-electron chi connectivity index (χ0n) is 14.6. The highest BCUT2D eigenvalue weighted by Gasteiger charge is 2.13. The van der Waals surface area contributed by atoms with Crippen molar-refractivity contribution < 1.29 is 19.1 Å². The maximum absolute atomic E-state index is 11.8. The fourth-order valence-corrected chi connectivity index (χ4v) is 2.26. The van der Waals surface area contributed by atoms with Crippen LogP contribution < -0.4 is 0 Å². The van der Waals surface area contributed by atoms with Gasteiger partial charge in [0.15, 0.2) is 11.4 Å². The maximum atomic E-state index is 11.8. The van der Waals surface area contributed by atoms with Gasteiger partial charge in [-0.1, -0.05) is 26.7 Å². The van der Waals surface area contributed by atoms with E-state index in [0.717, 1.165) is 37.1 Å². The summed E-state index contributed by atoms with van der Waals surface area (Å²) in [6.45, 7) is 4.41. The third kappa shape index (κ3) is 5.74. The molecule has 0 atom stereocenters. The smallest absolute Gasteiger partial charge is 0.358 e. The molecule has 2 N–H and O–H groups in total. The summed E-state index contributed by atoms with van der Waals surface area (Å²) in [4.78, 5) is 23.6. The number of carbonyl (C=O) groups excluding carboxylic acids is 2. The van der Waals surface area contributed by atoms with E-state index in [2.05, 4.69) is 20.4 Å². The lowest BCUT2D eigenvalue weighted by molar-refractivity contribution is 0.0388. The number of ether oxygens (including phenoxy) is 2. The molecule has 0 aliphatic rings. The van der Waals surface area contributed by atoms with E-state index < -0.39 is 11.9 Å². The van der Waals surface area contributed by atoms with Crippen molar-refractivity contribution in [3.63, 3.8) is 0 Å². The molecule has 8 nitrogen and oxygen atoms in total. The molecular formula is C17H24N4O4. The molecule has 0 aliphatic carbocycles. The minimum absolute atomic E-state index is 0.156. The molecular weight excluding hydrogens is 324 g/mol. The molecule has 0 radical (unpaired) electrons. The molecule has 25 heavy (non-hydrogen) atoms. The van der Waals surface area contributed by atoms with Crippen LogP contribution in [0, 0.1) is 0 Å². The van der Waals surface area contributed by atoms with Crippen LogP contribution in [0.25, 0.3) is 0 Å². The van der Waals surface area contributed by atoms with Gasteiger partial charge in [-0.25, -0.2) is 9.59 Å². The van der Waals surface area contributed by atoms with E-state index in [4.69, 9.17) is 9.47 Å². The number of hydrogen-bond donors (Lipinski definition) is 2. The van der Waals surface area contributed by atoms with Crippen LogP contribution in [0.5, 0.6) is 0 Å². The van der Waals surface area contributed by atoms with Gasteiger partial charge in [-0.15, -0.1) is 0 Å². The molecule has 0 unspecified atom stereocenters. The van der Waals surface area contributed by atoms with E-state index >= 15 is 0 Å². The number of carbonyl (C=O) groups is 2. The first kappa shape index (κ1) is 18.7. The molecule has 0 bridgehead atoms. The van der Waals surface area contributed by atoms with Gasteiger partial charge in [0.1, 0.15) is 0 Å². The number of aromatic nitrogens is 4. The summed E-state index contributed by atoms with van der Waals surface area (Å²) in [5.74, 6) is -0.970. The van der Waals surface area contributed by atoms with Crippen molar-refractivity contribution in [2.45, 2.75) is 46.0 Å². The highest BCUT2D eigenvalue weighted by atomic mass is 16.5. The van der Waals surface area contributed by atoms with Crippen LogP contribution >= 0.6 is 0 Å². The van der Waals surface area contributed by atoms with Crippen LogP contribution in [-0.2, 0) is 22.3 Å². The fraction of sp³-hybridized carbons (Fsp3) is 0.529. The Bertz CT molecular complexity index is 634. The van der Waals surface area contributed by atoms with E-state index in [1.165, 1.54) is 0 Å². The van der Waals surface area contributed by atoms with Gasteiger partial charge in [0.2, 0.25) is 0 Å². The Hall–Kier alpha value is -2.64. The van der Waals surface area contributed by atoms with E-state index in [0.29, 0.717) is 6.42 Å². The topological polar surface area (TPSA) is 110 Å². The van der Waals surface area contributed by atoms with Gasteiger partial charge < -0.3 is 9.47 Å². The average Bonchev–Trinajstić information content (AvgIpc) is 3.24. The summed E-state index contributed by atoms with van der Waals surface area (Å²) < 4.78 is 10.2. The molecule has 0 saturated carbocycles. The third-order valence-electron chi connectivity index (χ3n) is 3.47. The lowest BCUT2D eigenvalue weighted by atomic mass is 10.2. The molecule has 0 spiro atoms. The van der Waals surface area contributed by atoms with Gasteiger partial charge >= 0.3 is 11.9 Å². The SMILES string of the molecule is CCCc1cc(C(=O)OCCCOC(=O)c2cc(CCC)[nH]n2)n[nH]1. The molecule has 0 aromatic carbocycles. The second-order valence-electron chi connectivity index (χ2n) is 5.68. The predicted molar refractivity (Wildman–Crippen MR) is 90.3 cm³/mol. The van der Waals surface area contributed by atoms with E-state index in [-0.39, 0.29) is 24.6 Å². The zero-order valence-corrected chi connectivity index (χ0v) is 14.6. The number of aromatic amines is 2. The Kier molecular flexibility index (Phi) is 7.18. The van der Waals surface area contributed by atoms with Crippen molar-refractivity contribution in [1.82, 2.24) is 20.4 Å². The monoisotopic (exact) mass is 348 g/mol. The standard InChI is InChI=1S/C17H24N4O4/c1-3-6-12-10-14(20-18-12)16(22)24-8-5-9-25-17(23)15-11-13(7-4-2)19-21-15/h10-11H,3-9H2,1-2H3,(H,18,20)(H,19,21). The van der Waals surface area contributed by atoms with Crippen molar-refractivity contribution >= 4 is 11.9 Å². The molecule has 2 heterocycles. The zero-order chi connectivity index (χ0) is 18.1. The maximum Gasteiger partial charge on any atom is 0.358 e. The number of aryl methyl sites for hydroxylation is 2. The summed E-state index contributed by atoms with van der Waals surface area (Å²) in [7, 11) is 0. The van der Waals surface area contributed by atoms with Crippen molar-refractivity contribution in [3.05, 3.63) is 34.9 Å². The van der Waals surface area contributed by atoms with Gasteiger partial charge in [-0.3, -0.25) is 10.2 Å². The summed E-state index contributed by atoms with van der Waals surface area (Å²) in [6.07, 6.45) is 4.03. The molecule has 136 valence electrons. The first-order chi connectivity index (χ1) is 12.1. The second kappa shape index (κ2) is 9.61. The molecule has 8 heteroatoms. The summed E-state index contributed by atoms with van der Waals surface area (Å²) in [5, 5.41) is 13.5. The minimum Gasteiger partial charge on any atom is -0.461 e. The Labute approximate surface area is 146 Å². The van der Waals surface area contributed by atoms with Gasteiger partial charge in [0.05, 0.1) is 13.2 Å². The predicted octanol–water partition coefficient (Wildman–Crippen LogP) is 2.44. The molecule has 2 aromatic rings. The summed E-state index contributed by atoms with van der Waals surface area (Å²) >= 11 is 0. The van der Waals surface area contributed by atoms with Crippen LogP contribution in [0.1, 0.15) is 65.5 Å². The lowest BCUT2D eigenvalue weighted by Crippen LogP contribution is -2.11. The van der Waals surface area contributed by atoms with Crippen molar-refractivity contribution in [2.24, 2.45) is 0 Å². The molecule has 0 saturated heterocycles. The Morgan fingerprint density at radius 2 is 1.32 bits per heavy atom. The normalized spacial score (nSPS) is 10.6. The second-order valence-corrected chi connectivity index (χ2v) is 5.68. The third-order valence-corrected chi connectivity index (χ3v) is 3.47. The van der Waals surface area contributed by atoms with Gasteiger partial charge in [0.25, 0.3) is 0 Å². The van der Waals surface area contributed by atoms with E-state index in [9.17, 15) is 9.59 Å². The lowest BCUT2D eigenvalue weighted by Gasteiger charge is -2.04. The van der Waals surface area contributed by atoms with Gasteiger partial charge in [-0.05, 0) is 25.0 Å². The fourth-order valence-electron chi connectivity index (χ4n) is 2.26.